The average molecular weight is 483 g/mol. The van der Waals surface area contributed by atoms with Gasteiger partial charge in [-0.1, -0.05) is 6.07 Å². The Bertz CT molecular complexity index is 842. The highest BCUT2D eigenvalue weighted by molar-refractivity contribution is 7.80. The van der Waals surface area contributed by atoms with Gasteiger partial charge in [-0.2, -0.15) is 0 Å². The Kier molecular flexibility index (Phi) is 7.81. The Hall–Kier alpha value is -1.84. The summed E-state index contributed by atoms with van der Waals surface area (Å²) in [5, 5.41) is 3.31. The van der Waals surface area contributed by atoms with Crippen molar-refractivity contribution in [2.24, 2.45) is 5.41 Å². The highest BCUT2D eigenvalue weighted by Crippen LogP contribution is 2.55. The fourth-order valence-electron chi connectivity index (χ4n) is 5.50. The molecule has 1 saturated heterocycles. The molecule has 33 heavy (non-hydrogen) atoms. The first-order chi connectivity index (χ1) is 15.9. The summed E-state index contributed by atoms with van der Waals surface area (Å²) in [6.45, 7) is 0.556. The molecule has 4 rings (SSSR count). The SMILES string of the molecule is COC1CCC2(CC1)Cc1ccc(OCC3CCCO3)cc1C2NC(=S)N(C=O)CC(F)F. The summed E-state index contributed by atoms with van der Waals surface area (Å²) in [5.74, 6) is 0.754. The van der Waals surface area contributed by atoms with Crippen molar-refractivity contribution < 1.29 is 27.8 Å². The lowest BCUT2D eigenvalue weighted by molar-refractivity contribution is -0.116. The highest BCUT2D eigenvalue weighted by atomic mass is 32.1. The molecule has 2 unspecified atom stereocenters. The van der Waals surface area contributed by atoms with Crippen LogP contribution in [0.2, 0.25) is 0 Å². The van der Waals surface area contributed by atoms with Crippen LogP contribution < -0.4 is 10.1 Å². The van der Waals surface area contributed by atoms with Gasteiger partial charge < -0.3 is 19.5 Å². The molecule has 6 nitrogen and oxygen atoms in total. The molecule has 182 valence electrons. The number of methoxy groups -OCH3 is 1. The summed E-state index contributed by atoms with van der Waals surface area (Å²) >= 11 is 5.39. The third-order valence-electron chi connectivity index (χ3n) is 7.30. The number of ether oxygens (including phenoxy) is 3. The first kappa shape index (κ1) is 24.3. The third kappa shape index (κ3) is 5.46. The molecule has 2 atom stereocenters. The van der Waals surface area contributed by atoms with Crippen molar-refractivity contribution >= 4 is 23.7 Å². The largest absolute Gasteiger partial charge is 0.491 e. The van der Waals surface area contributed by atoms with Gasteiger partial charge in [-0.3, -0.25) is 9.69 Å². The number of benzene rings is 1. The zero-order chi connectivity index (χ0) is 23.4. The molecule has 1 spiro atoms. The summed E-state index contributed by atoms with van der Waals surface area (Å²) < 4.78 is 43.2. The minimum atomic E-state index is -2.66. The number of hydrogen-bond donors (Lipinski definition) is 1. The van der Waals surface area contributed by atoms with E-state index in [1.165, 1.54) is 5.56 Å². The van der Waals surface area contributed by atoms with Gasteiger partial charge >= 0.3 is 0 Å². The lowest BCUT2D eigenvalue weighted by atomic mass is 9.68. The monoisotopic (exact) mass is 482 g/mol. The van der Waals surface area contributed by atoms with Crippen molar-refractivity contribution in [3.63, 3.8) is 0 Å². The number of fused-ring (bicyclic) bond motifs is 1. The van der Waals surface area contributed by atoms with Gasteiger partial charge in [0.25, 0.3) is 6.43 Å². The highest BCUT2D eigenvalue weighted by Gasteiger charge is 2.48. The van der Waals surface area contributed by atoms with Gasteiger partial charge in [0.2, 0.25) is 6.41 Å². The molecule has 1 heterocycles. The fraction of sp³-hybridized carbons (Fsp3) is 0.667. The van der Waals surface area contributed by atoms with Gasteiger partial charge in [-0.15, -0.1) is 0 Å². The summed E-state index contributed by atoms with van der Waals surface area (Å²) in [6, 6.07) is 5.91. The number of hydrogen-bond acceptors (Lipinski definition) is 5. The number of rotatable bonds is 8. The number of carbonyl (C=O) groups excluding carboxylic acids is 1. The minimum absolute atomic E-state index is 0.0297. The summed E-state index contributed by atoms with van der Waals surface area (Å²) in [7, 11) is 1.74. The van der Waals surface area contributed by atoms with Crippen LogP contribution in [0.3, 0.4) is 0 Å². The Morgan fingerprint density at radius 2 is 2.15 bits per heavy atom. The number of alkyl halides is 2. The van der Waals surface area contributed by atoms with Crippen LogP contribution in [0.4, 0.5) is 8.78 Å². The zero-order valence-corrected chi connectivity index (χ0v) is 19.8. The smallest absolute Gasteiger partial charge is 0.256 e. The second-order valence-electron chi connectivity index (χ2n) is 9.31. The standard InChI is InChI=1S/C24H32F2N2O4S/c1-30-17-6-8-24(9-7-17)12-16-4-5-18(32-14-19-3-2-10-31-19)11-20(16)22(24)27-23(33)28(15-29)13-21(25)26/h4-5,11,15,17,19,21-22H,2-3,6-10,12-14H2,1H3,(H,27,33). The zero-order valence-electron chi connectivity index (χ0n) is 18.9. The van der Waals surface area contributed by atoms with Crippen LogP contribution >= 0.6 is 12.2 Å². The first-order valence-electron chi connectivity index (χ1n) is 11.6. The summed E-state index contributed by atoms with van der Waals surface area (Å²) in [5.41, 5.74) is 2.14. The Morgan fingerprint density at radius 1 is 1.36 bits per heavy atom. The molecule has 1 aliphatic heterocycles. The Morgan fingerprint density at radius 3 is 2.79 bits per heavy atom. The number of carbonyl (C=O) groups is 1. The third-order valence-corrected chi connectivity index (χ3v) is 7.65. The average Bonchev–Trinajstić information content (AvgIpc) is 3.43. The molecule has 1 N–H and O–H groups in total. The van der Waals surface area contributed by atoms with E-state index in [1.54, 1.807) is 7.11 Å². The molecule has 9 heteroatoms. The van der Waals surface area contributed by atoms with E-state index in [0.29, 0.717) is 13.0 Å². The van der Waals surface area contributed by atoms with Gasteiger partial charge in [0.1, 0.15) is 12.4 Å². The van der Waals surface area contributed by atoms with Crippen LogP contribution in [0.15, 0.2) is 18.2 Å². The van der Waals surface area contributed by atoms with Gasteiger partial charge in [0.15, 0.2) is 5.11 Å². The van der Waals surface area contributed by atoms with Crippen LogP contribution in [0.5, 0.6) is 5.75 Å². The van der Waals surface area contributed by atoms with E-state index in [9.17, 15) is 13.6 Å². The van der Waals surface area contributed by atoms with E-state index in [2.05, 4.69) is 11.4 Å². The van der Waals surface area contributed by atoms with Gasteiger partial charge in [0.05, 0.1) is 24.8 Å². The van der Waals surface area contributed by atoms with E-state index >= 15 is 0 Å². The first-order valence-corrected chi connectivity index (χ1v) is 12.1. The van der Waals surface area contributed by atoms with Crippen LogP contribution in [-0.2, 0) is 20.7 Å². The summed E-state index contributed by atoms with van der Waals surface area (Å²) in [6.07, 6.45) is 4.65. The van der Waals surface area contributed by atoms with E-state index in [0.717, 1.165) is 67.8 Å². The lowest BCUT2D eigenvalue weighted by Gasteiger charge is -2.42. The topological polar surface area (TPSA) is 60.0 Å². The maximum atomic E-state index is 13.0. The van der Waals surface area contributed by atoms with Crippen molar-refractivity contribution in [3.8, 4) is 5.75 Å². The molecule has 1 aromatic rings. The lowest BCUT2D eigenvalue weighted by Crippen LogP contribution is -2.47. The Labute approximate surface area is 198 Å². The molecule has 0 radical (unpaired) electrons. The molecule has 0 bridgehead atoms. The molecule has 1 amide bonds. The molecular weight excluding hydrogens is 450 g/mol. The second-order valence-corrected chi connectivity index (χ2v) is 9.70. The maximum Gasteiger partial charge on any atom is 0.256 e. The van der Waals surface area contributed by atoms with Gasteiger partial charge in [0, 0.05) is 13.7 Å². The molecule has 2 fully saturated rings. The van der Waals surface area contributed by atoms with Crippen LogP contribution in [-0.4, -0.2) is 61.9 Å². The molecule has 3 aliphatic rings. The summed E-state index contributed by atoms with van der Waals surface area (Å²) in [4.78, 5) is 12.3. The van der Waals surface area contributed by atoms with Gasteiger partial charge in [-0.05, 0) is 85.8 Å². The Balaban J connectivity index is 1.56. The minimum Gasteiger partial charge on any atom is -0.491 e. The van der Waals surface area contributed by atoms with Crippen molar-refractivity contribution in [1.82, 2.24) is 10.2 Å². The maximum absolute atomic E-state index is 13.0. The second kappa shape index (κ2) is 10.6. The van der Waals surface area contributed by atoms with Crippen molar-refractivity contribution in [3.05, 3.63) is 29.3 Å². The van der Waals surface area contributed by atoms with Crippen molar-refractivity contribution in [2.75, 3.05) is 26.9 Å². The predicted octanol–water partition coefficient (Wildman–Crippen LogP) is 4.02. The van der Waals surface area contributed by atoms with E-state index in [4.69, 9.17) is 26.4 Å². The fourth-order valence-corrected chi connectivity index (χ4v) is 5.73. The van der Waals surface area contributed by atoms with E-state index in [1.807, 2.05) is 12.1 Å². The quantitative estimate of drug-likeness (QED) is 0.446. The predicted molar refractivity (Wildman–Crippen MR) is 124 cm³/mol. The molecule has 1 saturated carbocycles. The van der Waals surface area contributed by atoms with Crippen LogP contribution in [0.25, 0.3) is 0 Å². The van der Waals surface area contributed by atoms with E-state index < -0.39 is 13.0 Å². The number of halogens is 2. The number of thiocarbonyl (C=S) groups is 1. The number of nitrogens with zero attached hydrogens (tertiary/aromatic N) is 1. The number of nitrogens with one attached hydrogen (secondary N) is 1. The van der Waals surface area contributed by atoms with E-state index in [-0.39, 0.29) is 28.8 Å². The molecule has 0 aromatic heterocycles. The molecule has 1 aromatic carbocycles. The normalized spacial score (nSPS) is 28.7. The van der Waals surface area contributed by atoms with Crippen LogP contribution in [0.1, 0.15) is 55.7 Å². The molecule has 2 aliphatic carbocycles. The van der Waals surface area contributed by atoms with Crippen molar-refractivity contribution in [2.45, 2.75) is 69.6 Å². The van der Waals surface area contributed by atoms with Crippen molar-refractivity contribution in [1.29, 1.82) is 0 Å². The molecular formula is C24H32F2N2O4S. The van der Waals surface area contributed by atoms with Gasteiger partial charge in [-0.25, -0.2) is 8.78 Å². The number of amides is 1. The van der Waals surface area contributed by atoms with Crippen LogP contribution in [0, 0.1) is 5.41 Å².